The first-order valence-electron chi connectivity index (χ1n) is 11.9. The number of aliphatic imine (C=N–C) groups is 1. The predicted octanol–water partition coefficient (Wildman–Crippen LogP) is 6.33. The largest absolute Gasteiger partial charge is 0.494 e. The fraction of sp³-hybridized carbons (Fsp3) is 0.250. The smallest absolute Gasteiger partial charge is 0.238 e. The van der Waals surface area contributed by atoms with E-state index in [1.807, 2.05) is 37.3 Å². The highest BCUT2D eigenvalue weighted by Gasteiger charge is 2.35. The number of hydrogen-bond acceptors (Lipinski definition) is 5. The summed E-state index contributed by atoms with van der Waals surface area (Å²) in [5.74, 6) is 0.384. The maximum atomic E-state index is 13.2. The molecule has 0 saturated carbocycles. The van der Waals surface area contributed by atoms with Gasteiger partial charge in [-0.1, -0.05) is 59.8 Å². The molecular formula is C28H28ClN3O3S. The van der Waals surface area contributed by atoms with Crippen molar-refractivity contribution in [2.24, 2.45) is 4.99 Å². The number of anilines is 1. The molecule has 0 bridgehead atoms. The molecule has 0 radical (unpaired) electrons. The molecule has 186 valence electrons. The van der Waals surface area contributed by atoms with E-state index in [0.29, 0.717) is 34.7 Å². The Morgan fingerprint density at radius 2 is 1.89 bits per heavy atom. The molecule has 1 fully saturated rings. The Bertz CT molecular complexity index is 1220. The molecule has 3 aromatic rings. The molecule has 0 aromatic heterocycles. The molecule has 0 aliphatic carbocycles. The number of carbonyl (C=O) groups is 2. The van der Waals surface area contributed by atoms with E-state index in [9.17, 15) is 9.59 Å². The molecule has 8 heteroatoms. The molecule has 1 unspecified atom stereocenters. The summed E-state index contributed by atoms with van der Waals surface area (Å²) >= 11 is 7.45. The third kappa shape index (κ3) is 7.12. The van der Waals surface area contributed by atoms with Gasteiger partial charge >= 0.3 is 0 Å². The van der Waals surface area contributed by atoms with Crippen LogP contribution in [0, 0.1) is 0 Å². The minimum absolute atomic E-state index is 0.105. The van der Waals surface area contributed by atoms with Gasteiger partial charge in [-0.25, -0.2) is 4.99 Å². The highest BCUT2D eigenvalue weighted by atomic mass is 35.5. The summed E-state index contributed by atoms with van der Waals surface area (Å²) in [6.07, 6.45) is 1.74. The number of benzene rings is 3. The van der Waals surface area contributed by atoms with Crippen molar-refractivity contribution in [3.05, 3.63) is 89.4 Å². The maximum Gasteiger partial charge on any atom is 0.238 e. The minimum Gasteiger partial charge on any atom is -0.494 e. The Kier molecular flexibility index (Phi) is 9.03. The Morgan fingerprint density at radius 3 is 2.61 bits per heavy atom. The molecule has 3 aromatic carbocycles. The van der Waals surface area contributed by atoms with Gasteiger partial charge in [0, 0.05) is 23.7 Å². The molecular weight excluding hydrogens is 494 g/mol. The van der Waals surface area contributed by atoms with Crippen molar-refractivity contribution in [1.29, 1.82) is 0 Å². The summed E-state index contributed by atoms with van der Waals surface area (Å²) in [6.45, 7) is 3.01. The van der Waals surface area contributed by atoms with Gasteiger partial charge in [0.15, 0.2) is 5.17 Å². The minimum atomic E-state index is -0.590. The number of nitrogens with zero attached hydrogens (tertiary/aromatic N) is 2. The van der Waals surface area contributed by atoms with Gasteiger partial charge in [-0.15, -0.1) is 0 Å². The third-order valence-corrected chi connectivity index (χ3v) is 7.01. The SMILES string of the molecule is CCOc1ccc(NC(=O)C2CC(=O)N(CCCc3ccccc3)C(=Nc3cccc(Cl)c3)S2)cc1. The van der Waals surface area contributed by atoms with Gasteiger partial charge in [0.05, 0.1) is 12.3 Å². The molecule has 2 amide bonds. The van der Waals surface area contributed by atoms with Crippen LogP contribution in [0.5, 0.6) is 5.75 Å². The molecule has 1 N–H and O–H groups in total. The second-order valence-corrected chi connectivity index (χ2v) is 9.87. The fourth-order valence-corrected chi connectivity index (χ4v) is 5.14. The zero-order valence-electron chi connectivity index (χ0n) is 20.0. The summed E-state index contributed by atoms with van der Waals surface area (Å²) < 4.78 is 5.46. The topological polar surface area (TPSA) is 71.0 Å². The molecule has 6 nitrogen and oxygen atoms in total. The monoisotopic (exact) mass is 521 g/mol. The number of rotatable bonds is 9. The number of aryl methyl sites for hydroxylation is 1. The van der Waals surface area contributed by atoms with Gasteiger partial charge in [-0.05, 0) is 67.8 Å². The van der Waals surface area contributed by atoms with Crippen molar-refractivity contribution >= 4 is 51.7 Å². The molecule has 0 spiro atoms. The van der Waals surface area contributed by atoms with Crippen LogP contribution in [-0.2, 0) is 16.0 Å². The Balaban J connectivity index is 1.48. The second-order valence-electron chi connectivity index (χ2n) is 8.27. The standard InChI is InChI=1S/C28H28ClN3O3S/c1-2-35-24-15-13-22(14-16-24)30-27(34)25-19-26(33)32(17-7-10-20-8-4-3-5-9-20)28(36-25)31-23-12-6-11-21(29)18-23/h3-6,8-9,11-16,18,25H,2,7,10,17,19H2,1H3,(H,30,34). The van der Waals surface area contributed by atoms with Crippen LogP contribution < -0.4 is 10.1 Å². The lowest BCUT2D eigenvalue weighted by Gasteiger charge is -2.32. The molecule has 1 heterocycles. The number of hydrogen-bond donors (Lipinski definition) is 1. The average molecular weight is 522 g/mol. The lowest BCUT2D eigenvalue weighted by Crippen LogP contribution is -2.45. The predicted molar refractivity (Wildman–Crippen MR) is 147 cm³/mol. The number of halogens is 1. The maximum absolute atomic E-state index is 13.2. The van der Waals surface area contributed by atoms with Gasteiger partial charge in [0.1, 0.15) is 11.0 Å². The van der Waals surface area contributed by atoms with Crippen molar-refractivity contribution < 1.29 is 14.3 Å². The number of amidine groups is 1. The van der Waals surface area contributed by atoms with Crippen molar-refractivity contribution in [2.45, 2.75) is 31.4 Å². The summed E-state index contributed by atoms with van der Waals surface area (Å²) in [5, 5.41) is 3.39. The first-order valence-corrected chi connectivity index (χ1v) is 13.2. The first kappa shape index (κ1) is 25.8. The molecule has 4 rings (SSSR count). The van der Waals surface area contributed by atoms with E-state index in [2.05, 4.69) is 17.4 Å². The van der Waals surface area contributed by atoms with Crippen molar-refractivity contribution in [3.63, 3.8) is 0 Å². The lowest BCUT2D eigenvalue weighted by atomic mass is 10.1. The summed E-state index contributed by atoms with van der Waals surface area (Å²) in [7, 11) is 0. The van der Waals surface area contributed by atoms with Crippen LogP contribution in [0.2, 0.25) is 5.02 Å². The summed E-state index contributed by atoms with van der Waals surface area (Å²) in [6, 6.07) is 24.5. The number of carbonyl (C=O) groups excluding carboxylic acids is 2. The molecule has 1 aliphatic heterocycles. The fourth-order valence-electron chi connectivity index (χ4n) is 3.83. The van der Waals surface area contributed by atoms with Crippen LogP contribution in [0.1, 0.15) is 25.3 Å². The van der Waals surface area contributed by atoms with E-state index in [1.165, 1.54) is 17.3 Å². The van der Waals surface area contributed by atoms with E-state index < -0.39 is 5.25 Å². The van der Waals surface area contributed by atoms with Gasteiger partial charge in [-0.2, -0.15) is 0 Å². The first-order chi connectivity index (χ1) is 17.5. The highest BCUT2D eigenvalue weighted by Crippen LogP contribution is 2.31. The number of nitrogens with one attached hydrogen (secondary N) is 1. The number of amides is 2. The molecule has 1 aliphatic rings. The zero-order chi connectivity index (χ0) is 25.3. The van der Waals surface area contributed by atoms with Crippen LogP contribution >= 0.6 is 23.4 Å². The third-order valence-electron chi connectivity index (χ3n) is 5.59. The van der Waals surface area contributed by atoms with E-state index in [4.69, 9.17) is 21.3 Å². The van der Waals surface area contributed by atoms with Crippen molar-refractivity contribution in [1.82, 2.24) is 4.90 Å². The Hall–Kier alpha value is -3.29. The van der Waals surface area contributed by atoms with E-state index >= 15 is 0 Å². The van der Waals surface area contributed by atoms with Crippen LogP contribution in [0.15, 0.2) is 83.9 Å². The van der Waals surface area contributed by atoms with Gasteiger partial charge < -0.3 is 10.1 Å². The zero-order valence-corrected chi connectivity index (χ0v) is 21.6. The Morgan fingerprint density at radius 1 is 1.11 bits per heavy atom. The molecule has 36 heavy (non-hydrogen) atoms. The number of ether oxygens (including phenoxy) is 1. The summed E-state index contributed by atoms with van der Waals surface area (Å²) in [5.41, 5.74) is 2.50. The second kappa shape index (κ2) is 12.6. The Labute approximate surface area is 220 Å². The number of thioether (sulfide) groups is 1. The molecule has 1 atom stereocenters. The normalized spacial score (nSPS) is 16.7. The quantitative estimate of drug-likeness (QED) is 0.357. The van der Waals surface area contributed by atoms with Crippen LogP contribution in [0.4, 0.5) is 11.4 Å². The van der Waals surface area contributed by atoms with Crippen LogP contribution in [0.3, 0.4) is 0 Å². The van der Waals surface area contributed by atoms with Crippen LogP contribution in [-0.4, -0.2) is 40.3 Å². The van der Waals surface area contributed by atoms with Gasteiger partial charge in [0.25, 0.3) is 0 Å². The summed E-state index contributed by atoms with van der Waals surface area (Å²) in [4.78, 5) is 32.7. The van der Waals surface area contributed by atoms with E-state index in [0.717, 1.165) is 18.6 Å². The van der Waals surface area contributed by atoms with E-state index in [1.54, 1.807) is 41.3 Å². The van der Waals surface area contributed by atoms with Gasteiger partial charge in [-0.3, -0.25) is 14.5 Å². The van der Waals surface area contributed by atoms with Crippen molar-refractivity contribution in [3.8, 4) is 5.75 Å². The van der Waals surface area contributed by atoms with E-state index in [-0.39, 0.29) is 18.2 Å². The van der Waals surface area contributed by atoms with Crippen molar-refractivity contribution in [2.75, 3.05) is 18.5 Å². The van der Waals surface area contributed by atoms with Crippen LogP contribution in [0.25, 0.3) is 0 Å². The van der Waals surface area contributed by atoms with Gasteiger partial charge in [0.2, 0.25) is 11.8 Å². The lowest BCUT2D eigenvalue weighted by molar-refractivity contribution is -0.129. The highest BCUT2D eigenvalue weighted by molar-refractivity contribution is 8.15. The molecule has 1 saturated heterocycles. The average Bonchev–Trinajstić information content (AvgIpc) is 2.87.